The summed E-state index contributed by atoms with van der Waals surface area (Å²) in [5.74, 6) is -0.482. The van der Waals surface area contributed by atoms with E-state index >= 15 is 0 Å². The van der Waals surface area contributed by atoms with E-state index in [1.54, 1.807) is 24.4 Å². The Morgan fingerprint density at radius 3 is 2.29 bits per heavy atom. The zero-order valence-electron chi connectivity index (χ0n) is 18.6. The zero-order valence-corrected chi connectivity index (χ0v) is 18.6. The van der Waals surface area contributed by atoms with Gasteiger partial charge >= 0.3 is 0 Å². The first-order valence-electron chi connectivity index (χ1n) is 11.4. The van der Waals surface area contributed by atoms with Crippen LogP contribution in [0.1, 0.15) is 23.1 Å². The maximum atomic E-state index is 12.9. The first kappa shape index (κ1) is 21.6. The van der Waals surface area contributed by atoms with Gasteiger partial charge in [-0.15, -0.1) is 5.11 Å². The quantitative estimate of drug-likeness (QED) is 0.291. The molecule has 10 heteroatoms. The SMILES string of the molecule is O=c1c(N=NC2NNC3NNC(c4ccccc4)C(c4ccccc4)C23)c(O)nc2ccccn12. The topological polar surface area (TPSA) is 127 Å². The summed E-state index contributed by atoms with van der Waals surface area (Å²) in [4.78, 5) is 17.0. The van der Waals surface area contributed by atoms with E-state index in [-0.39, 0.29) is 29.7 Å². The third-order valence-corrected chi connectivity index (χ3v) is 6.62. The summed E-state index contributed by atoms with van der Waals surface area (Å²) in [6.07, 6.45) is 0.969. The third-order valence-electron chi connectivity index (χ3n) is 6.62. The molecule has 2 aliphatic heterocycles. The van der Waals surface area contributed by atoms with E-state index < -0.39 is 17.6 Å². The smallest absolute Gasteiger partial charge is 0.289 e. The number of nitrogens with one attached hydrogen (secondary N) is 4. The van der Waals surface area contributed by atoms with Crippen LogP contribution in [0.5, 0.6) is 5.88 Å². The van der Waals surface area contributed by atoms with E-state index in [1.807, 2.05) is 36.4 Å². The molecule has 0 saturated carbocycles. The Balaban J connectivity index is 1.39. The second-order valence-electron chi connectivity index (χ2n) is 8.64. The van der Waals surface area contributed by atoms with Crippen LogP contribution < -0.4 is 27.3 Å². The summed E-state index contributed by atoms with van der Waals surface area (Å²) in [5, 5.41) is 19.0. The molecule has 0 aliphatic carbocycles. The summed E-state index contributed by atoms with van der Waals surface area (Å²) in [5.41, 5.74) is 15.2. The van der Waals surface area contributed by atoms with Gasteiger partial charge < -0.3 is 5.11 Å². The lowest BCUT2D eigenvalue weighted by atomic mass is 9.75. The van der Waals surface area contributed by atoms with Crippen LogP contribution in [0.3, 0.4) is 0 Å². The molecular formula is C25H24N8O2. The molecule has 2 fully saturated rings. The molecule has 6 rings (SSSR count). The minimum atomic E-state index is -0.482. The van der Waals surface area contributed by atoms with Gasteiger partial charge in [-0.2, -0.15) is 10.1 Å². The average molecular weight is 469 g/mol. The van der Waals surface area contributed by atoms with Crippen molar-refractivity contribution in [1.82, 2.24) is 31.1 Å². The van der Waals surface area contributed by atoms with Crippen LogP contribution in [0.25, 0.3) is 5.65 Å². The number of hydrogen-bond acceptors (Lipinski definition) is 9. The van der Waals surface area contributed by atoms with Gasteiger partial charge in [0.15, 0.2) is 0 Å². The number of hydrazine groups is 2. The molecule has 4 heterocycles. The predicted octanol–water partition coefficient (Wildman–Crippen LogP) is 2.49. The van der Waals surface area contributed by atoms with Crippen molar-refractivity contribution in [3.8, 4) is 5.88 Å². The van der Waals surface area contributed by atoms with Crippen molar-refractivity contribution in [2.24, 2.45) is 16.1 Å². The highest BCUT2D eigenvalue weighted by Crippen LogP contribution is 2.43. The van der Waals surface area contributed by atoms with Gasteiger partial charge in [0.25, 0.3) is 5.56 Å². The first-order valence-corrected chi connectivity index (χ1v) is 11.4. The Hall–Kier alpha value is -3.96. The Labute approximate surface area is 200 Å². The van der Waals surface area contributed by atoms with Gasteiger partial charge in [0.1, 0.15) is 11.8 Å². The molecule has 2 aromatic heterocycles. The number of azo groups is 1. The predicted molar refractivity (Wildman–Crippen MR) is 130 cm³/mol. The van der Waals surface area contributed by atoms with E-state index in [1.165, 1.54) is 4.40 Å². The number of nitrogens with zero attached hydrogens (tertiary/aromatic N) is 4. The van der Waals surface area contributed by atoms with Gasteiger partial charge in [-0.3, -0.25) is 9.20 Å². The van der Waals surface area contributed by atoms with Crippen molar-refractivity contribution < 1.29 is 5.11 Å². The molecule has 5 atom stereocenters. The van der Waals surface area contributed by atoms with Crippen molar-refractivity contribution >= 4 is 11.3 Å². The minimum Gasteiger partial charge on any atom is -0.491 e. The molecule has 2 aromatic carbocycles. The number of pyridine rings is 1. The number of aromatic hydroxyl groups is 1. The Bertz CT molecular complexity index is 1430. The molecule has 0 amide bonds. The van der Waals surface area contributed by atoms with Crippen LogP contribution in [-0.2, 0) is 0 Å². The fourth-order valence-corrected chi connectivity index (χ4v) is 5.00. The van der Waals surface area contributed by atoms with Crippen molar-refractivity contribution in [1.29, 1.82) is 0 Å². The number of fused-ring (bicyclic) bond motifs is 2. The molecular weight excluding hydrogens is 444 g/mol. The van der Waals surface area contributed by atoms with Crippen LogP contribution in [0.15, 0.2) is 100 Å². The van der Waals surface area contributed by atoms with E-state index in [9.17, 15) is 9.90 Å². The van der Waals surface area contributed by atoms with Gasteiger partial charge in [-0.25, -0.2) is 21.7 Å². The Morgan fingerprint density at radius 2 is 1.51 bits per heavy atom. The molecule has 5 unspecified atom stereocenters. The summed E-state index contributed by atoms with van der Waals surface area (Å²) in [6, 6.07) is 25.6. The summed E-state index contributed by atoms with van der Waals surface area (Å²) < 4.78 is 1.33. The van der Waals surface area contributed by atoms with Crippen molar-refractivity contribution in [3.05, 3.63) is 107 Å². The fraction of sp³-hybridized carbons (Fsp3) is 0.200. The van der Waals surface area contributed by atoms with Crippen LogP contribution >= 0.6 is 0 Å². The van der Waals surface area contributed by atoms with Crippen molar-refractivity contribution in [3.63, 3.8) is 0 Å². The average Bonchev–Trinajstić information content (AvgIpc) is 3.32. The highest BCUT2D eigenvalue weighted by molar-refractivity contribution is 5.51. The lowest BCUT2D eigenvalue weighted by Gasteiger charge is -2.42. The largest absolute Gasteiger partial charge is 0.491 e. The van der Waals surface area contributed by atoms with E-state index in [4.69, 9.17) is 0 Å². The molecule has 0 bridgehead atoms. The normalized spacial score (nSPS) is 26.2. The standard InChI is InChI=1S/C25H24N8O2/c34-24-21(25(35)33-14-8-7-13-17(33)26-24)28-30-23-19-18(15-9-3-1-4-10-15)20(16-11-5-2-6-12-16)27-29-22(19)31-32-23/h1-14,18-20,22-23,27,29,31-32,34H. The maximum absolute atomic E-state index is 12.9. The van der Waals surface area contributed by atoms with Crippen LogP contribution in [0, 0.1) is 5.92 Å². The van der Waals surface area contributed by atoms with Gasteiger partial charge in [0.2, 0.25) is 11.6 Å². The van der Waals surface area contributed by atoms with Crippen LogP contribution in [-0.4, -0.2) is 26.8 Å². The highest BCUT2D eigenvalue weighted by atomic mass is 16.3. The van der Waals surface area contributed by atoms with E-state index in [0.717, 1.165) is 11.1 Å². The van der Waals surface area contributed by atoms with Crippen molar-refractivity contribution in [2.75, 3.05) is 0 Å². The van der Waals surface area contributed by atoms with Gasteiger partial charge in [0.05, 0.1) is 12.2 Å². The molecule has 35 heavy (non-hydrogen) atoms. The van der Waals surface area contributed by atoms with E-state index in [0.29, 0.717) is 5.65 Å². The summed E-state index contributed by atoms with van der Waals surface area (Å²) >= 11 is 0. The monoisotopic (exact) mass is 468 g/mol. The molecule has 2 saturated heterocycles. The number of rotatable bonds is 4. The molecule has 10 nitrogen and oxygen atoms in total. The number of aromatic nitrogens is 2. The minimum absolute atomic E-state index is 0.0272. The number of hydrogen-bond donors (Lipinski definition) is 5. The van der Waals surface area contributed by atoms with Gasteiger partial charge in [0, 0.05) is 18.0 Å². The maximum Gasteiger partial charge on any atom is 0.289 e. The molecule has 0 spiro atoms. The van der Waals surface area contributed by atoms with Gasteiger partial charge in [-0.05, 0) is 23.3 Å². The van der Waals surface area contributed by atoms with Crippen LogP contribution in [0.2, 0.25) is 0 Å². The second-order valence-corrected chi connectivity index (χ2v) is 8.64. The fourth-order valence-electron chi connectivity index (χ4n) is 5.00. The number of benzene rings is 2. The molecule has 2 aliphatic rings. The molecule has 0 radical (unpaired) electrons. The third kappa shape index (κ3) is 3.88. The Morgan fingerprint density at radius 1 is 0.829 bits per heavy atom. The van der Waals surface area contributed by atoms with Crippen molar-refractivity contribution in [2.45, 2.75) is 24.3 Å². The lowest BCUT2D eigenvalue weighted by Crippen LogP contribution is -2.59. The van der Waals surface area contributed by atoms with Crippen LogP contribution in [0.4, 0.5) is 5.69 Å². The molecule has 176 valence electrons. The molecule has 5 N–H and O–H groups in total. The summed E-state index contributed by atoms with van der Waals surface area (Å²) in [7, 11) is 0. The zero-order chi connectivity index (χ0) is 23.8. The second kappa shape index (κ2) is 9.01. The molecule has 4 aromatic rings. The Kier molecular flexibility index (Phi) is 5.55. The first-order chi connectivity index (χ1) is 17.2. The van der Waals surface area contributed by atoms with E-state index in [2.05, 4.69) is 61.2 Å². The summed E-state index contributed by atoms with van der Waals surface area (Å²) in [6.45, 7) is 0. The van der Waals surface area contributed by atoms with Gasteiger partial charge in [-0.1, -0.05) is 66.7 Å². The highest BCUT2D eigenvalue weighted by Gasteiger charge is 2.48. The lowest BCUT2D eigenvalue weighted by molar-refractivity contribution is 0.163.